The van der Waals surface area contributed by atoms with Crippen LogP contribution in [0.15, 0.2) is 22.7 Å². The molecule has 1 atom stereocenters. The molecule has 1 saturated heterocycles. The maximum atomic E-state index is 13.1. The molecular weight excluding hydrogens is 332 g/mol. The molecule has 0 radical (unpaired) electrons. The third kappa shape index (κ3) is 2.27. The largest absolute Gasteiger partial charge is 0.340 e. The van der Waals surface area contributed by atoms with E-state index in [9.17, 15) is 9.59 Å². The Bertz CT molecular complexity index is 608. The zero-order chi connectivity index (χ0) is 15.2. The molecule has 1 heterocycles. The number of amides is 2. The molecule has 2 fully saturated rings. The van der Waals surface area contributed by atoms with Gasteiger partial charge in [0.1, 0.15) is 11.6 Å². The zero-order valence-electron chi connectivity index (χ0n) is 12.3. The van der Waals surface area contributed by atoms with Crippen LogP contribution in [0.1, 0.15) is 38.2 Å². The number of aryl methyl sites for hydroxylation is 1. The van der Waals surface area contributed by atoms with Crippen LogP contribution < -0.4 is 10.2 Å². The summed E-state index contributed by atoms with van der Waals surface area (Å²) in [5, 5.41) is 2.98. The van der Waals surface area contributed by atoms with Crippen molar-refractivity contribution in [3.8, 4) is 0 Å². The number of nitrogens with zero attached hydrogens (tertiary/aromatic N) is 1. The highest BCUT2D eigenvalue weighted by atomic mass is 79.9. The van der Waals surface area contributed by atoms with Gasteiger partial charge < -0.3 is 5.32 Å². The predicted octanol–water partition coefficient (Wildman–Crippen LogP) is 2.92. The Kier molecular flexibility index (Phi) is 3.56. The van der Waals surface area contributed by atoms with E-state index in [1.807, 2.05) is 25.1 Å². The van der Waals surface area contributed by atoms with Crippen LogP contribution in [-0.2, 0) is 9.59 Å². The van der Waals surface area contributed by atoms with Crippen molar-refractivity contribution in [2.45, 2.75) is 51.1 Å². The van der Waals surface area contributed by atoms with Gasteiger partial charge >= 0.3 is 0 Å². The van der Waals surface area contributed by atoms with E-state index >= 15 is 0 Å². The van der Waals surface area contributed by atoms with Gasteiger partial charge in [-0.2, -0.15) is 0 Å². The Balaban J connectivity index is 2.08. The molecular formula is C16H19BrN2O2. The molecule has 1 aromatic carbocycles. The Hall–Kier alpha value is -1.36. The zero-order valence-corrected chi connectivity index (χ0v) is 13.9. The number of carbonyl (C=O) groups excluding carboxylic acids is 2. The standard InChI is InChI=1S/C16H19BrN2O2/c1-10-5-6-12(17)13(9-10)19-11(2)14(20)18-16(15(19)21)7-3-4-8-16/h5-6,9,11H,3-4,7-8H2,1-2H3,(H,18,20). The molecule has 1 spiro atoms. The van der Waals surface area contributed by atoms with E-state index in [4.69, 9.17) is 0 Å². The van der Waals surface area contributed by atoms with Gasteiger partial charge in [-0.3, -0.25) is 14.5 Å². The van der Waals surface area contributed by atoms with E-state index in [1.165, 1.54) is 0 Å². The third-order valence-corrected chi connectivity index (χ3v) is 5.25. The van der Waals surface area contributed by atoms with Crippen molar-refractivity contribution in [3.05, 3.63) is 28.2 Å². The van der Waals surface area contributed by atoms with Crippen molar-refractivity contribution in [1.82, 2.24) is 5.32 Å². The molecule has 21 heavy (non-hydrogen) atoms. The first-order chi connectivity index (χ1) is 9.94. The van der Waals surface area contributed by atoms with Gasteiger partial charge in [0.05, 0.1) is 5.69 Å². The number of anilines is 1. The van der Waals surface area contributed by atoms with E-state index in [2.05, 4.69) is 21.2 Å². The lowest BCUT2D eigenvalue weighted by molar-refractivity contribution is -0.137. The predicted molar refractivity (Wildman–Crippen MR) is 85.2 cm³/mol. The Morgan fingerprint density at radius 3 is 2.62 bits per heavy atom. The number of benzene rings is 1. The highest BCUT2D eigenvalue weighted by Crippen LogP contribution is 2.38. The third-order valence-electron chi connectivity index (χ3n) is 4.58. The van der Waals surface area contributed by atoms with Crippen molar-refractivity contribution in [3.63, 3.8) is 0 Å². The Morgan fingerprint density at radius 2 is 1.95 bits per heavy atom. The molecule has 2 amide bonds. The van der Waals surface area contributed by atoms with Crippen LogP contribution >= 0.6 is 15.9 Å². The van der Waals surface area contributed by atoms with Crippen LogP contribution in [0.3, 0.4) is 0 Å². The summed E-state index contributed by atoms with van der Waals surface area (Å²) in [6.07, 6.45) is 3.46. The number of hydrogen-bond acceptors (Lipinski definition) is 2. The summed E-state index contributed by atoms with van der Waals surface area (Å²) in [6, 6.07) is 5.39. The van der Waals surface area contributed by atoms with Gasteiger partial charge in [0.25, 0.3) is 5.91 Å². The summed E-state index contributed by atoms with van der Waals surface area (Å²) in [4.78, 5) is 27.1. The second-order valence-corrected chi connectivity index (χ2v) is 6.94. The fourth-order valence-corrected chi connectivity index (χ4v) is 3.80. The first kappa shape index (κ1) is 14.6. The number of nitrogens with one attached hydrogen (secondary N) is 1. The average molecular weight is 351 g/mol. The van der Waals surface area contributed by atoms with E-state index in [-0.39, 0.29) is 11.8 Å². The summed E-state index contributed by atoms with van der Waals surface area (Å²) in [6.45, 7) is 3.77. The summed E-state index contributed by atoms with van der Waals surface area (Å²) < 4.78 is 0.844. The molecule has 2 aliphatic rings. The summed E-state index contributed by atoms with van der Waals surface area (Å²) >= 11 is 3.51. The van der Waals surface area contributed by atoms with Crippen LogP contribution in [0.25, 0.3) is 0 Å². The minimum atomic E-state index is -0.688. The van der Waals surface area contributed by atoms with Crippen LogP contribution in [0.5, 0.6) is 0 Å². The molecule has 1 aromatic rings. The van der Waals surface area contributed by atoms with E-state index < -0.39 is 11.6 Å². The number of halogens is 1. The fraction of sp³-hybridized carbons (Fsp3) is 0.500. The van der Waals surface area contributed by atoms with E-state index in [0.717, 1.165) is 41.4 Å². The van der Waals surface area contributed by atoms with Crippen LogP contribution in [0.4, 0.5) is 5.69 Å². The van der Waals surface area contributed by atoms with Crippen LogP contribution in [0, 0.1) is 6.92 Å². The van der Waals surface area contributed by atoms with Crippen molar-refractivity contribution in [1.29, 1.82) is 0 Å². The van der Waals surface area contributed by atoms with Gasteiger partial charge in [0.2, 0.25) is 5.91 Å². The maximum absolute atomic E-state index is 13.1. The average Bonchev–Trinajstić information content (AvgIpc) is 2.90. The van der Waals surface area contributed by atoms with E-state index in [0.29, 0.717) is 0 Å². The van der Waals surface area contributed by atoms with Gasteiger partial charge in [-0.05, 0) is 60.3 Å². The monoisotopic (exact) mass is 350 g/mol. The van der Waals surface area contributed by atoms with E-state index in [1.54, 1.807) is 11.8 Å². The molecule has 1 unspecified atom stereocenters. The minimum Gasteiger partial charge on any atom is -0.340 e. The molecule has 0 bridgehead atoms. The first-order valence-corrected chi connectivity index (χ1v) is 8.16. The van der Waals surface area contributed by atoms with Gasteiger partial charge in [0, 0.05) is 4.47 Å². The van der Waals surface area contributed by atoms with Crippen molar-refractivity contribution in [2.24, 2.45) is 0 Å². The van der Waals surface area contributed by atoms with Crippen molar-refractivity contribution < 1.29 is 9.59 Å². The minimum absolute atomic E-state index is 0.0263. The summed E-state index contributed by atoms with van der Waals surface area (Å²) in [5.74, 6) is -0.0386. The van der Waals surface area contributed by atoms with Crippen molar-refractivity contribution in [2.75, 3.05) is 4.90 Å². The number of rotatable bonds is 1. The topological polar surface area (TPSA) is 49.4 Å². The summed E-state index contributed by atoms with van der Waals surface area (Å²) in [7, 11) is 0. The summed E-state index contributed by atoms with van der Waals surface area (Å²) in [5.41, 5.74) is 1.17. The highest BCUT2D eigenvalue weighted by molar-refractivity contribution is 9.10. The second kappa shape index (κ2) is 5.13. The Morgan fingerprint density at radius 1 is 1.29 bits per heavy atom. The second-order valence-electron chi connectivity index (χ2n) is 6.08. The van der Waals surface area contributed by atoms with Crippen LogP contribution in [0.2, 0.25) is 0 Å². The quantitative estimate of drug-likeness (QED) is 0.846. The maximum Gasteiger partial charge on any atom is 0.253 e. The molecule has 1 aliphatic heterocycles. The molecule has 0 aromatic heterocycles. The lowest BCUT2D eigenvalue weighted by Crippen LogP contribution is -2.69. The molecule has 1 aliphatic carbocycles. The van der Waals surface area contributed by atoms with Gasteiger partial charge in [-0.15, -0.1) is 0 Å². The normalized spacial score (nSPS) is 24.5. The molecule has 112 valence electrons. The Labute approximate surface area is 133 Å². The van der Waals surface area contributed by atoms with Gasteiger partial charge in [0.15, 0.2) is 0 Å². The lowest BCUT2D eigenvalue weighted by Gasteiger charge is -2.43. The van der Waals surface area contributed by atoms with Gasteiger partial charge in [-0.25, -0.2) is 0 Å². The lowest BCUT2D eigenvalue weighted by atomic mass is 9.90. The number of piperazine rings is 1. The first-order valence-electron chi connectivity index (χ1n) is 7.36. The molecule has 5 heteroatoms. The van der Waals surface area contributed by atoms with Crippen LogP contribution in [-0.4, -0.2) is 23.4 Å². The number of carbonyl (C=O) groups is 2. The van der Waals surface area contributed by atoms with Crippen molar-refractivity contribution >= 4 is 33.4 Å². The molecule has 1 N–H and O–H groups in total. The molecule has 4 nitrogen and oxygen atoms in total. The highest BCUT2D eigenvalue weighted by Gasteiger charge is 2.51. The molecule has 1 saturated carbocycles. The van der Waals surface area contributed by atoms with Gasteiger partial charge in [-0.1, -0.05) is 18.9 Å². The fourth-order valence-electron chi connectivity index (χ4n) is 3.36. The SMILES string of the molecule is Cc1ccc(Br)c(N2C(=O)C3(CCCC3)NC(=O)C2C)c1. The number of hydrogen-bond donors (Lipinski definition) is 1. The molecule has 3 rings (SSSR count). The smallest absolute Gasteiger partial charge is 0.253 e.